The maximum absolute atomic E-state index is 15.8. The molecule has 0 fully saturated rings. The minimum Gasteiger partial charge on any atom is -0.446 e. The van der Waals surface area contributed by atoms with Crippen LogP contribution < -0.4 is 0 Å². The molecule has 0 N–H and O–H groups in total. The molecule has 1 heterocycles. The lowest BCUT2D eigenvalue weighted by molar-refractivity contribution is -0.158. The van der Waals surface area contributed by atoms with Crippen molar-refractivity contribution in [1.29, 1.82) is 5.26 Å². The van der Waals surface area contributed by atoms with Gasteiger partial charge in [-0.15, -0.1) is 11.3 Å². The van der Waals surface area contributed by atoms with Crippen LogP contribution in [0.1, 0.15) is 27.1 Å². The van der Waals surface area contributed by atoms with Crippen LogP contribution in [0.3, 0.4) is 0 Å². The van der Waals surface area contributed by atoms with Crippen molar-refractivity contribution >= 4 is 308 Å². The van der Waals surface area contributed by atoms with Crippen molar-refractivity contribution < 1.29 is 9.53 Å². The second-order valence-electron chi connectivity index (χ2n) is 25.0. The van der Waals surface area contributed by atoms with Gasteiger partial charge in [0.2, 0.25) is 0 Å². The van der Waals surface area contributed by atoms with Gasteiger partial charge in [-0.25, -0.2) is 0 Å². The van der Waals surface area contributed by atoms with Gasteiger partial charge < -0.3 is 4.74 Å². The molecular weight excluding hydrogens is 883 g/mol. The largest absolute Gasteiger partial charge is 0.446 e. The highest BCUT2D eigenvalue weighted by Gasteiger charge is 2.73. The molecule has 4 heteroatoms. The first kappa shape index (κ1) is 26.8. The van der Waals surface area contributed by atoms with Gasteiger partial charge >= 0.3 is 5.97 Å². The summed E-state index contributed by atoms with van der Waals surface area (Å²) in [6.07, 6.45) is 0.187. The maximum Gasteiger partial charge on any atom is 0.312 e. The summed E-state index contributed by atoms with van der Waals surface area (Å²) >= 11 is 1.63. The summed E-state index contributed by atoms with van der Waals surface area (Å²) in [5, 5.41) is 94.9. The third-order valence-corrected chi connectivity index (χ3v) is 25.4. The van der Waals surface area contributed by atoms with Gasteiger partial charge in [-0.2, -0.15) is 5.26 Å². The Morgan fingerprint density at radius 2 is 0.577 bits per heavy atom. The van der Waals surface area contributed by atoms with E-state index in [2.05, 4.69) is 23.6 Å². The lowest BCUT2D eigenvalue weighted by Crippen LogP contribution is -2.52. The lowest BCUT2D eigenvalue weighted by Gasteiger charge is -2.47. The van der Waals surface area contributed by atoms with Crippen LogP contribution in [0, 0.1) is 11.3 Å². The fourth-order valence-corrected chi connectivity index (χ4v) is 25.0. The quantitative estimate of drug-likeness (QED) is 0.131. The van der Waals surface area contributed by atoms with Crippen molar-refractivity contribution in [3.8, 4) is 6.07 Å². The van der Waals surface area contributed by atoms with Crippen LogP contribution in [0.2, 0.25) is 0 Å². The van der Waals surface area contributed by atoms with Crippen molar-refractivity contribution in [1.82, 2.24) is 0 Å². The molecule has 0 spiro atoms. The van der Waals surface area contributed by atoms with Gasteiger partial charge in [0, 0.05) is 16.0 Å². The molecule has 0 saturated carbocycles. The number of esters is 1. The molecule has 2 unspecified atom stereocenters. The molecule has 0 bridgehead atoms. The smallest absolute Gasteiger partial charge is 0.312 e. The van der Waals surface area contributed by atoms with Gasteiger partial charge in [0.05, 0.1) is 12.5 Å². The molecule has 4 aliphatic rings. The molecule has 33 rings (SSSR count). The van der Waals surface area contributed by atoms with Gasteiger partial charge in [-0.05, 0) is 313 Å². The molecule has 1 aromatic heterocycles. The third kappa shape index (κ3) is 1.46. The Morgan fingerprint density at radius 3 is 0.873 bits per heavy atom. The maximum atomic E-state index is 15.8. The normalized spacial score (nSPS) is 21.5. The van der Waals surface area contributed by atoms with Crippen LogP contribution in [0.4, 0.5) is 0 Å². The topological polar surface area (TPSA) is 50.1 Å². The van der Waals surface area contributed by atoms with Gasteiger partial charge in [0.1, 0.15) is 0 Å². The summed E-state index contributed by atoms with van der Waals surface area (Å²) in [4.78, 5) is 16.8. The Morgan fingerprint density at radius 1 is 0.352 bits per heavy atom. The van der Waals surface area contributed by atoms with Crippen molar-refractivity contribution in [3.05, 3.63) is 44.6 Å². The van der Waals surface area contributed by atoms with E-state index in [0.29, 0.717) is 0 Å². The van der Waals surface area contributed by atoms with E-state index in [4.69, 9.17) is 4.74 Å². The molecule has 0 aliphatic heterocycles. The fourth-order valence-electron chi connectivity index (χ4n) is 24.3. The zero-order chi connectivity index (χ0) is 42.6. The van der Waals surface area contributed by atoms with E-state index in [1.165, 1.54) is 221 Å². The first-order valence-corrected chi connectivity index (χ1v) is 26.6. The average Bonchev–Trinajstić information content (AvgIpc) is 4.39. The highest BCUT2D eigenvalue weighted by atomic mass is 32.1. The Balaban J connectivity index is 1.16. The number of rotatable bonds is 3. The van der Waals surface area contributed by atoms with Crippen LogP contribution in [0.5, 0.6) is 0 Å². The van der Waals surface area contributed by atoms with Crippen molar-refractivity contribution in [3.63, 3.8) is 0 Å². The van der Waals surface area contributed by atoms with E-state index in [1.807, 2.05) is 0 Å². The summed E-state index contributed by atoms with van der Waals surface area (Å²) in [6.45, 7) is 0. The molecule has 0 radical (unpaired) electrons. The molecule has 2 atom stereocenters. The van der Waals surface area contributed by atoms with Gasteiger partial charge in [0.15, 0.2) is 11.0 Å². The summed E-state index contributed by atoms with van der Waals surface area (Å²) < 4.78 is 7.99. The minimum absolute atomic E-state index is 0.187. The predicted octanol–water partition coefficient (Wildman–Crippen LogP) is 17.6. The second-order valence-corrected chi connectivity index (χ2v) is 26.1. The molecule has 0 amide bonds. The number of nitrogens with zero attached hydrogens (tertiary/aromatic N) is 1. The predicted molar refractivity (Wildman–Crippen MR) is 294 cm³/mol. The first-order chi connectivity index (χ1) is 35.3. The van der Waals surface area contributed by atoms with Crippen molar-refractivity contribution in [2.45, 2.75) is 17.4 Å². The number of carbonyl (C=O) groups is 1. The van der Waals surface area contributed by atoms with Gasteiger partial charge in [-0.1, -0.05) is 6.07 Å². The Kier molecular flexibility index (Phi) is 2.30. The van der Waals surface area contributed by atoms with Gasteiger partial charge in [-0.3, -0.25) is 4.79 Å². The third-order valence-electron chi connectivity index (χ3n) is 24.6. The van der Waals surface area contributed by atoms with E-state index in [-0.39, 0.29) is 12.4 Å². The van der Waals surface area contributed by atoms with E-state index >= 15 is 4.79 Å². The van der Waals surface area contributed by atoms with Crippen LogP contribution in [-0.4, -0.2) is 5.97 Å². The molecular formula is C67H5NO2S. The summed E-state index contributed by atoms with van der Waals surface area (Å²) in [5.74, 6) is -0.223. The second kappa shape index (κ2) is 6.11. The van der Waals surface area contributed by atoms with Crippen LogP contribution in [0.25, 0.3) is 291 Å². The molecule has 29 aromatic rings. The number of hydrogen-bond acceptors (Lipinski definition) is 4. The zero-order valence-corrected chi connectivity index (χ0v) is 36.4. The summed E-state index contributed by atoms with van der Waals surface area (Å²) in [7, 11) is 0. The molecule has 3 nitrogen and oxygen atoms in total. The number of thiophene rings is 1. The van der Waals surface area contributed by atoms with Gasteiger partial charge in [0.25, 0.3) is 0 Å². The average molecular weight is 888 g/mol. The van der Waals surface area contributed by atoms with E-state index in [9.17, 15) is 5.26 Å². The number of nitriles is 1. The molecule has 71 heavy (non-hydrogen) atoms. The van der Waals surface area contributed by atoms with Crippen LogP contribution >= 0.6 is 11.3 Å². The minimum atomic E-state index is -1.39. The van der Waals surface area contributed by atoms with E-state index in [0.717, 1.165) is 16.0 Å². The Bertz CT molecular complexity index is 7590. The Labute approximate surface area is 388 Å². The zero-order valence-electron chi connectivity index (χ0n) is 35.6. The molecule has 296 valence electrons. The van der Waals surface area contributed by atoms with Crippen molar-refractivity contribution in [2.24, 2.45) is 0 Å². The number of hydrogen-bond donors (Lipinski definition) is 0. The first-order valence-electron chi connectivity index (χ1n) is 25.7. The Hall–Kier alpha value is -8.88. The van der Waals surface area contributed by atoms with E-state index < -0.39 is 11.0 Å². The number of ether oxygens (including phenoxy) is 1. The standard InChI is InChI=1S/C67H5NO2S/c68-5-66-62-55-48-36-28-19-10-8-9-11-14(10)23-30(28)38-39-31(23)29-20(11)22-18-13(9)16-15-12(8)17-21(19)34(36)42-40-26(17)24(15)32-33-25(16)27(18)41-43-35(22)37(29)49-51(39)60(59(62)50(38)48)64-57(49)54(43)58-47(41)45(33)52-44(32)46(40)56(53(42)55)63(66)61(52)65(58)67(64,66)70-7(69)4-6-2-1-3-71-6/h1-3H,4H2. The number of carbonyl (C=O) groups excluding carboxylic acids is 1. The molecule has 0 saturated heterocycles. The molecule has 28 aromatic carbocycles. The summed E-state index contributed by atoms with van der Waals surface area (Å²) in [5.41, 5.74) is 1.99. The monoisotopic (exact) mass is 887 g/mol. The molecule has 4 aliphatic carbocycles. The highest BCUT2D eigenvalue weighted by Crippen LogP contribution is 2.84. The number of benzene rings is 17. The fraction of sp³-hybridized carbons (Fsp3) is 0.0448. The van der Waals surface area contributed by atoms with Crippen LogP contribution in [0.15, 0.2) is 17.5 Å². The highest BCUT2D eigenvalue weighted by molar-refractivity contribution is 7.10. The summed E-state index contributed by atoms with van der Waals surface area (Å²) in [6, 6.07) is 7.54. The van der Waals surface area contributed by atoms with Crippen LogP contribution in [-0.2, 0) is 27.0 Å². The van der Waals surface area contributed by atoms with Crippen molar-refractivity contribution in [2.75, 3.05) is 0 Å². The SMILES string of the molecule is N#CC12c3c4c5c6c7c8c(c9c%10c1c1c%11c3c3c%12c4c4c6c6c7c7c%13c8c9c8c9c%10c1c1c%10c%11c3c3c%11c%12c4c4c6c6c7c7c%13c8c8c9c1c1c%10c3c3c%11c4c6c4c7c8c1c34)C52OC(=O)Cc1cccs1. The van der Waals surface area contributed by atoms with E-state index in [1.54, 1.807) is 92.1 Å². The lowest BCUT2D eigenvalue weighted by atomic mass is 9.56.